The fraction of sp³-hybridized carbons (Fsp3) is 0. The van der Waals surface area contributed by atoms with Crippen molar-refractivity contribution >= 4 is 38.8 Å². The predicted octanol–water partition coefficient (Wildman–Crippen LogP) is 5.85. The highest BCUT2D eigenvalue weighted by Crippen LogP contribution is 2.39. The summed E-state index contributed by atoms with van der Waals surface area (Å²) in [5, 5.41) is 1.40. The number of carbonyl (C=O) groups is 1. The van der Waals surface area contributed by atoms with Crippen molar-refractivity contribution in [2.24, 2.45) is 0 Å². The van der Waals surface area contributed by atoms with Crippen LogP contribution in [-0.4, -0.2) is 10.8 Å². The van der Waals surface area contributed by atoms with Crippen LogP contribution in [-0.2, 0) is 0 Å². The molecule has 0 spiro atoms. The molecular formula is C20H12ClNOS. The zero-order valence-electron chi connectivity index (χ0n) is 12.6. The molecule has 2 aromatic heterocycles. The first-order valence-electron chi connectivity index (χ1n) is 7.48. The van der Waals surface area contributed by atoms with Gasteiger partial charge >= 0.3 is 0 Å². The van der Waals surface area contributed by atoms with Crippen molar-refractivity contribution in [1.29, 1.82) is 0 Å². The van der Waals surface area contributed by atoms with E-state index in [-0.39, 0.29) is 5.78 Å². The quantitative estimate of drug-likeness (QED) is 0.434. The molecule has 4 heteroatoms. The molecule has 0 unspecified atom stereocenters. The van der Waals surface area contributed by atoms with Crippen LogP contribution in [0, 0.1) is 0 Å². The number of pyridine rings is 1. The van der Waals surface area contributed by atoms with Crippen molar-refractivity contribution in [1.82, 2.24) is 4.98 Å². The van der Waals surface area contributed by atoms with Crippen molar-refractivity contribution in [3.05, 3.63) is 89.1 Å². The second-order valence-electron chi connectivity index (χ2n) is 5.33. The highest BCUT2D eigenvalue weighted by atomic mass is 35.5. The molecule has 4 rings (SSSR count). The number of hydrogen-bond acceptors (Lipinski definition) is 3. The average Bonchev–Trinajstić information content (AvgIpc) is 3.02. The molecule has 116 valence electrons. The van der Waals surface area contributed by atoms with Gasteiger partial charge in [0.2, 0.25) is 0 Å². The molecule has 0 aliphatic heterocycles. The minimum absolute atomic E-state index is 0.0706. The lowest BCUT2D eigenvalue weighted by atomic mass is 9.99. The Bertz CT molecular complexity index is 1040. The molecular weight excluding hydrogens is 338 g/mol. The van der Waals surface area contributed by atoms with E-state index in [4.69, 9.17) is 11.6 Å². The number of benzene rings is 2. The summed E-state index contributed by atoms with van der Waals surface area (Å²) >= 11 is 7.83. The number of nitrogens with zero attached hydrogens (tertiary/aromatic N) is 1. The molecule has 0 saturated carbocycles. The summed E-state index contributed by atoms with van der Waals surface area (Å²) in [4.78, 5) is 18.5. The molecule has 0 aliphatic carbocycles. The van der Waals surface area contributed by atoms with Crippen LogP contribution in [0.1, 0.15) is 15.9 Å². The maximum Gasteiger partial charge on any atom is 0.196 e. The van der Waals surface area contributed by atoms with Gasteiger partial charge in [-0.15, -0.1) is 11.3 Å². The SMILES string of the molecule is O=C(c1ccccc1Cl)c1c(-c2ccccn2)sc2ccccc12. The van der Waals surface area contributed by atoms with Gasteiger partial charge in [0.25, 0.3) is 0 Å². The van der Waals surface area contributed by atoms with E-state index in [9.17, 15) is 4.79 Å². The molecule has 2 heterocycles. The number of aromatic nitrogens is 1. The molecule has 0 radical (unpaired) electrons. The molecule has 0 saturated heterocycles. The van der Waals surface area contributed by atoms with E-state index in [0.717, 1.165) is 20.7 Å². The van der Waals surface area contributed by atoms with Crippen LogP contribution in [0.15, 0.2) is 72.9 Å². The van der Waals surface area contributed by atoms with Gasteiger partial charge in [0.05, 0.1) is 21.2 Å². The number of rotatable bonds is 3. The largest absolute Gasteiger partial charge is 0.288 e. The van der Waals surface area contributed by atoms with E-state index in [1.165, 1.54) is 0 Å². The lowest BCUT2D eigenvalue weighted by molar-refractivity contribution is 0.104. The molecule has 2 nitrogen and oxygen atoms in total. The summed E-state index contributed by atoms with van der Waals surface area (Å²) in [6, 6.07) is 20.8. The van der Waals surface area contributed by atoms with Gasteiger partial charge in [-0.25, -0.2) is 0 Å². The third-order valence-corrected chi connectivity index (χ3v) is 5.36. The first-order chi connectivity index (χ1) is 11.8. The Morgan fingerprint density at radius 3 is 2.46 bits per heavy atom. The molecule has 0 atom stereocenters. The smallest absolute Gasteiger partial charge is 0.196 e. The molecule has 0 bridgehead atoms. The third kappa shape index (κ3) is 2.52. The number of ketones is 1. The summed E-state index contributed by atoms with van der Waals surface area (Å²) in [5.41, 5.74) is 1.98. The zero-order chi connectivity index (χ0) is 16.5. The van der Waals surface area contributed by atoms with Crippen LogP contribution in [0.25, 0.3) is 20.7 Å². The Morgan fingerprint density at radius 1 is 0.917 bits per heavy atom. The molecule has 24 heavy (non-hydrogen) atoms. The molecule has 2 aromatic carbocycles. The Balaban J connectivity index is 2.00. The first kappa shape index (κ1) is 15.1. The highest BCUT2D eigenvalue weighted by molar-refractivity contribution is 7.22. The van der Waals surface area contributed by atoms with E-state index in [1.807, 2.05) is 54.6 Å². The van der Waals surface area contributed by atoms with E-state index >= 15 is 0 Å². The first-order valence-corrected chi connectivity index (χ1v) is 8.67. The molecule has 0 aliphatic rings. The molecule has 4 aromatic rings. The van der Waals surface area contributed by atoms with E-state index in [2.05, 4.69) is 4.98 Å². The summed E-state index contributed by atoms with van der Waals surface area (Å²) in [7, 11) is 0. The summed E-state index contributed by atoms with van der Waals surface area (Å²) in [6.07, 6.45) is 1.74. The summed E-state index contributed by atoms with van der Waals surface area (Å²) < 4.78 is 1.06. The van der Waals surface area contributed by atoms with Gasteiger partial charge < -0.3 is 0 Å². The van der Waals surface area contributed by atoms with Gasteiger partial charge in [0.1, 0.15) is 0 Å². The van der Waals surface area contributed by atoms with Gasteiger partial charge in [0, 0.05) is 21.8 Å². The fourth-order valence-electron chi connectivity index (χ4n) is 2.73. The fourth-order valence-corrected chi connectivity index (χ4v) is 4.13. The maximum absolute atomic E-state index is 13.2. The molecule has 0 N–H and O–H groups in total. The number of hydrogen-bond donors (Lipinski definition) is 0. The Kier molecular flexibility index (Phi) is 3.89. The lowest BCUT2D eigenvalue weighted by Crippen LogP contribution is -2.03. The molecule has 0 fully saturated rings. The van der Waals surface area contributed by atoms with Crippen molar-refractivity contribution in [3.63, 3.8) is 0 Å². The number of halogens is 1. The van der Waals surface area contributed by atoms with Crippen LogP contribution in [0.5, 0.6) is 0 Å². The summed E-state index contributed by atoms with van der Waals surface area (Å²) in [5.74, 6) is -0.0706. The van der Waals surface area contributed by atoms with Crippen LogP contribution in [0.3, 0.4) is 0 Å². The normalized spacial score (nSPS) is 10.9. The number of carbonyl (C=O) groups excluding carboxylic acids is 1. The van der Waals surface area contributed by atoms with Crippen molar-refractivity contribution in [2.45, 2.75) is 0 Å². The van der Waals surface area contributed by atoms with E-state index < -0.39 is 0 Å². The highest BCUT2D eigenvalue weighted by Gasteiger charge is 2.23. The third-order valence-electron chi connectivity index (χ3n) is 3.84. The van der Waals surface area contributed by atoms with E-state index in [0.29, 0.717) is 16.1 Å². The van der Waals surface area contributed by atoms with E-state index in [1.54, 1.807) is 29.7 Å². The number of thiophene rings is 1. The Labute approximate surface area is 148 Å². The van der Waals surface area contributed by atoms with Gasteiger partial charge in [0.15, 0.2) is 5.78 Å². The lowest BCUT2D eigenvalue weighted by Gasteiger charge is -2.06. The van der Waals surface area contributed by atoms with Crippen molar-refractivity contribution in [2.75, 3.05) is 0 Å². The van der Waals surface area contributed by atoms with Gasteiger partial charge in [-0.3, -0.25) is 9.78 Å². The Hall–Kier alpha value is -2.49. The minimum Gasteiger partial charge on any atom is -0.288 e. The van der Waals surface area contributed by atoms with Gasteiger partial charge in [-0.2, -0.15) is 0 Å². The monoisotopic (exact) mass is 349 g/mol. The zero-order valence-corrected chi connectivity index (χ0v) is 14.1. The average molecular weight is 350 g/mol. The van der Waals surface area contributed by atoms with Crippen molar-refractivity contribution < 1.29 is 4.79 Å². The van der Waals surface area contributed by atoms with Crippen LogP contribution in [0.2, 0.25) is 5.02 Å². The summed E-state index contributed by atoms with van der Waals surface area (Å²) in [6.45, 7) is 0. The van der Waals surface area contributed by atoms with Crippen LogP contribution < -0.4 is 0 Å². The van der Waals surface area contributed by atoms with Gasteiger partial charge in [-0.05, 0) is 30.3 Å². The van der Waals surface area contributed by atoms with Crippen LogP contribution in [0.4, 0.5) is 0 Å². The van der Waals surface area contributed by atoms with Gasteiger partial charge in [-0.1, -0.05) is 48.0 Å². The topological polar surface area (TPSA) is 30.0 Å². The molecule has 0 amide bonds. The number of fused-ring (bicyclic) bond motifs is 1. The Morgan fingerprint density at radius 2 is 1.67 bits per heavy atom. The van der Waals surface area contributed by atoms with Crippen molar-refractivity contribution in [3.8, 4) is 10.6 Å². The second-order valence-corrected chi connectivity index (χ2v) is 6.79. The minimum atomic E-state index is -0.0706. The second kappa shape index (κ2) is 6.19. The predicted molar refractivity (Wildman–Crippen MR) is 99.9 cm³/mol. The standard InChI is InChI=1S/C20H12ClNOS/c21-15-9-3-1-7-13(15)19(23)18-14-8-2-4-11-17(14)24-20(18)16-10-5-6-12-22-16/h1-12H. The maximum atomic E-state index is 13.2. The van der Waals surface area contributed by atoms with Crippen LogP contribution >= 0.6 is 22.9 Å².